The van der Waals surface area contributed by atoms with Crippen LogP contribution in [0, 0.1) is 0 Å². The van der Waals surface area contributed by atoms with Crippen LogP contribution in [0.1, 0.15) is 33.0 Å². The second-order valence-electron chi connectivity index (χ2n) is 7.00. The van der Waals surface area contributed by atoms with Gasteiger partial charge in [-0.2, -0.15) is 0 Å². The number of benzene rings is 1. The van der Waals surface area contributed by atoms with Crippen LogP contribution in [0.5, 0.6) is 0 Å². The predicted octanol–water partition coefficient (Wildman–Crippen LogP) is 2.44. The van der Waals surface area contributed by atoms with Crippen LogP contribution < -0.4 is 10.5 Å². The third-order valence-electron chi connectivity index (χ3n) is 5.18. The molecule has 1 N–H and O–H groups in total. The molecule has 1 aliphatic heterocycles. The average Bonchev–Trinajstić information content (AvgIpc) is 3.12. The minimum Gasteiger partial charge on any atom is -0.469 e. The minimum atomic E-state index is -0.609. The molecule has 0 unspecified atom stereocenters. The van der Waals surface area contributed by atoms with Crippen LogP contribution in [0.2, 0.25) is 0 Å². The van der Waals surface area contributed by atoms with E-state index >= 15 is 0 Å². The smallest absolute Gasteiger partial charge is 0.348 e. The molecule has 8 nitrogen and oxygen atoms in total. The summed E-state index contributed by atoms with van der Waals surface area (Å²) < 4.78 is 9.54. The minimum absolute atomic E-state index is 0.191. The van der Waals surface area contributed by atoms with Crippen molar-refractivity contribution in [2.24, 2.45) is 0 Å². The van der Waals surface area contributed by atoms with E-state index in [0.29, 0.717) is 17.2 Å². The fourth-order valence-corrected chi connectivity index (χ4v) is 4.91. The van der Waals surface area contributed by atoms with Crippen LogP contribution in [-0.4, -0.2) is 42.7 Å². The zero-order chi connectivity index (χ0) is 21.3. The van der Waals surface area contributed by atoms with Crippen molar-refractivity contribution >= 4 is 39.2 Å². The lowest BCUT2D eigenvalue weighted by molar-refractivity contribution is -0.139. The van der Waals surface area contributed by atoms with Gasteiger partial charge in [-0.3, -0.25) is 9.59 Å². The van der Waals surface area contributed by atoms with Gasteiger partial charge in [0, 0.05) is 17.8 Å². The molecule has 3 heterocycles. The summed E-state index contributed by atoms with van der Waals surface area (Å²) in [5, 5.41) is 0.230. The number of aromatic nitrogens is 2. The largest absolute Gasteiger partial charge is 0.469 e. The second-order valence-corrected chi connectivity index (χ2v) is 8.00. The molecule has 2 aromatic heterocycles. The molecule has 0 saturated heterocycles. The van der Waals surface area contributed by atoms with Gasteiger partial charge in [-0.05, 0) is 24.5 Å². The predicted molar refractivity (Wildman–Crippen MR) is 113 cm³/mol. The zero-order valence-electron chi connectivity index (χ0n) is 16.7. The molecular weight excluding hydrogens is 406 g/mol. The number of hydrogen-bond acceptors (Lipinski definition) is 8. The van der Waals surface area contributed by atoms with Gasteiger partial charge in [0.15, 0.2) is 0 Å². The first-order valence-corrected chi connectivity index (χ1v) is 10.4. The van der Waals surface area contributed by atoms with E-state index in [9.17, 15) is 14.4 Å². The number of carbonyl (C=O) groups excluding carboxylic acids is 2. The number of ether oxygens (including phenoxy) is 2. The fourth-order valence-electron chi connectivity index (χ4n) is 3.78. The summed E-state index contributed by atoms with van der Waals surface area (Å²) in [6.45, 7) is 1.31. The highest BCUT2D eigenvalue weighted by Crippen LogP contribution is 2.31. The Hall–Kier alpha value is -3.20. The van der Waals surface area contributed by atoms with E-state index < -0.39 is 11.9 Å². The van der Waals surface area contributed by atoms with Crippen LogP contribution in [-0.2, 0) is 33.7 Å². The Labute approximate surface area is 176 Å². The van der Waals surface area contributed by atoms with Crippen molar-refractivity contribution in [3.8, 4) is 0 Å². The quantitative estimate of drug-likeness (QED) is 0.624. The number of carbonyl (C=O) groups is 2. The van der Waals surface area contributed by atoms with E-state index in [1.54, 1.807) is 0 Å². The molecule has 0 amide bonds. The summed E-state index contributed by atoms with van der Waals surface area (Å²) in [6, 6.07) is 8.21. The number of nitrogens with zero attached hydrogens (tertiary/aromatic N) is 2. The molecule has 0 atom stereocenters. The van der Waals surface area contributed by atoms with Gasteiger partial charge in [-0.25, -0.2) is 9.78 Å². The molecule has 30 heavy (non-hydrogen) atoms. The third kappa shape index (κ3) is 3.68. The van der Waals surface area contributed by atoms with Gasteiger partial charge in [0.05, 0.1) is 32.6 Å². The molecule has 0 aliphatic carbocycles. The van der Waals surface area contributed by atoms with E-state index in [-0.39, 0.29) is 27.8 Å². The van der Waals surface area contributed by atoms with Gasteiger partial charge in [0.2, 0.25) is 0 Å². The van der Waals surface area contributed by atoms with Crippen LogP contribution in [0.15, 0.2) is 29.1 Å². The van der Waals surface area contributed by atoms with E-state index in [1.165, 1.54) is 19.8 Å². The topological polar surface area (TPSA) is 102 Å². The Balaban J connectivity index is 1.75. The first-order valence-electron chi connectivity index (χ1n) is 9.54. The van der Waals surface area contributed by atoms with Crippen molar-refractivity contribution in [3.63, 3.8) is 0 Å². The van der Waals surface area contributed by atoms with Gasteiger partial charge in [0.1, 0.15) is 15.5 Å². The lowest BCUT2D eigenvalue weighted by Crippen LogP contribution is -2.30. The molecule has 0 fully saturated rings. The Bertz CT molecular complexity index is 1180. The molecule has 0 spiro atoms. The standard InChI is InChI=1S/C21H21N3O5S/c1-28-16(25)10-13-17-19(26)22-15(23-20(17)30-18(13)21(27)29-2)11-24-9-5-7-12-6-3-4-8-14(12)24/h3-4,6,8H,5,7,9-11H2,1-2H3,(H,22,23,26). The number of thiophene rings is 1. The van der Waals surface area contributed by atoms with Crippen molar-refractivity contribution in [2.45, 2.75) is 25.8 Å². The number of rotatable bonds is 5. The van der Waals surface area contributed by atoms with Gasteiger partial charge in [-0.1, -0.05) is 18.2 Å². The molecule has 156 valence electrons. The molecule has 0 radical (unpaired) electrons. The van der Waals surface area contributed by atoms with E-state index in [0.717, 1.165) is 36.4 Å². The lowest BCUT2D eigenvalue weighted by atomic mass is 10.0. The summed E-state index contributed by atoms with van der Waals surface area (Å²) >= 11 is 1.05. The molecule has 0 saturated carbocycles. The Kier molecular flexibility index (Phi) is 5.54. The molecule has 1 aliphatic rings. The summed E-state index contributed by atoms with van der Waals surface area (Å²) in [7, 11) is 2.51. The van der Waals surface area contributed by atoms with Crippen molar-refractivity contribution in [2.75, 3.05) is 25.7 Å². The van der Waals surface area contributed by atoms with E-state index in [2.05, 4.69) is 27.0 Å². The number of anilines is 1. The Morgan fingerprint density at radius 3 is 2.80 bits per heavy atom. The molecule has 9 heteroatoms. The Morgan fingerprint density at radius 1 is 1.23 bits per heavy atom. The highest BCUT2D eigenvalue weighted by Gasteiger charge is 2.25. The summed E-state index contributed by atoms with van der Waals surface area (Å²) in [4.78, 5) is 47.1. The number of aryl methyl sites for hydroxylation is 1. The zero-order valence-corrected chi connectivity index (χ0v) is 17.5. The van der Waals surface area contributed by atoms with E-state index in [4.69, 9.17) is 9.47 Å². The highest BCUT2D eigenvalue weighted by molar-refractivity contribution is 7.20. The maximum Gasteiger partial charge on any atom is 0.348 e. The molecule has 1 aromatic carbocycles. The van der Waals surface area contributed by atoms with Gasteiger partial charge in [-0.15, -0.1) is 11.3 Å². The van der Waals surface area contributed by atoms with Crippen molar-refractivity contribution < 1.29 is 19.1 Å². The van der Waals surface area contributed by atoms with Crippen molar-refractivity contribution in [1.29, 1.82) is 0 Å². The van der Waals surface area contributed by atoms with Crippen LogP contribution in [0.3, 0.4) is 0 Å². The Morgan fingerprint density at radius 2 is 2.03 bits per heavy atom. The second kappa shape index (κ2) is 8.27. The number of para-hydroxylation sites is 1. The summed E-state index contributed by atoms with van der Waals surface area (Å²) in [5.41, 5.74) is 2.32. The molecule has 4 rings (SSSR count). The SMILES string of the molecule is COC(=O)Cc1c(C(=O)OC)sc2nc(CN3CCCc4ccccc43)[nH]c(=O)c12. The fraction of sp³-hybridized carbons (Fsp3) is 0.333. The first-order chi connectivity index (χ1) is 14.5. The molecular formula is C21H21N3O5S. The molecule has 0 bridgehead atoms. The number of hydrogen-bond donors (Lipinski definition) is 1. The number of methoxy groups -OCH3 is 2. The van der Waals surface area contributed by atoms with Crippen molar-refractivity contribution in [3.05, 3.63) is 56.4 Å². The number of esters is 2. The van der Waals surface area contributed by atoms with E-state index in [1.807, 2.05) is 12.1 Å². The number of nitrogens with one attached hydrogen (secondary N) is 1. The number of aromatic amines is 1. The molecule has 3 aromatic rings. The monoisotopic (exact) mass is 427 g/mol. The number of H-pyrrole nitrogens is 1. The number of fused-ring (bicyclic) bond motifs is 2. The maximum absolute atomic E-state index is 12.9. The van der Waals surface area contributed by atoms with Gasteiger partial charge < -0.3 is 19.4 Å². The maximum atomic E-state index is 12.9. The van der Waals surface area contributed by atoms with Crippen LogP contribution >= 0.6 is 11.3 Å². The lowest BCUT2D eigenvalue weighted by Gasteiger charge is -2.30. The van der Waals surface area contributed by atoms with Gasteiger partial charge in [0.25, 0.3) is 5.56 Å². The van der Waals surface area contributed by atoms with Gasteiger partial charge >= 0.3 is 11.9 Å². The van der Waals surface area contributed by atoms with Crippen LogP contribution in [0.4, 0.5) is 5.69 Å². The summed E-state index contributed by atoms with van der Waals surface area (Å²) in [6.07, 6.45) is 1.85. The third-order valence-corrected chi connectivity index (χ3v) is 6.28. The van der Waals surface area contributed by atoms with Crippen LogP contribution in [0.25, 0.3) is 10.2 Å². The summed E-state index contributed by atoms with van der Waals surface area (Å²) in [5.74, 6) is -0.650. The van der Waals surface area contributed by atoms with Crippen molar-refractivity contribution in [1.82, 2.24) is 9.97 Å². The first kappa shape index (κ1) is 20.1. The normalized spacial score (nSPS) is 13.2. The highest BCUT2D eigenvalue weighted by atomic mass is 32.1. The average molecular weight is 427 g/mol.